The van der Waals surface area contributed by atoms with Crippen LogP contribution < -0.4 is 10.2 Å². The molecular formula is C28H23BrO6. The molecule has 0 N–H and O–H groups in total. The van der Waals surface area contributed by atoms with Gasteiger partial charge in [-0.1, -0.05) is 64.5 Å². The van der Waals surface area contributed by atoms with E-state index in [-0.39, 0.29) is 29.8 Å². The maximum absolute atomic E-state index is 13.0. The molecule has 0 amide bonds. The van der Waals surface area contributed by atoms with Crippen molar-refractivity contribution in [2.75, 3.05) is 7.11 Å². The van der Waals surface area contributed by atoms with E-state index in [9.17, 15) is 14.4 Å². The van der Waals surface area contributed by atoms with Crippen LogP contribution in [0.4, 0.5) is 0 Å². The molecular weight excluding hydrogens is 512 g/mol. The number of halogens is 1. The van der Waals surface area contributed by atoms with Crippen molar-refractivity contribution < 1.29 is 23.5 Å². The lowest BCUT2D eigenvalue weighted by atomic mass is 9.93. The molecule has 1 aromatic heterocycles. The van der Waals surface area contributed by atoms with Crippen LogP contribution >= 0.6 is 15.9 Å². The number of hydrogen-bond donors (Lipinski definition) is 0. The van der Waals surface area contributed by atoms with E-state index in [0.717, 1.165) is 21.7 Å². The molecule has 1 atom stereocenters. The molecule has 4 rings (SSSR count). The van der Waals surface area contributed by atoms with Gasteiger partial charge in [0.05, 0.1) is 13.0 Å². The lowest BCUT2D eigenvalue weighted by Crippen LogP contribution is -2.22. The highest BCUT2D eigenvalue weighted by Gasteiger charge is 2.26. The number of rotatable bonds is 9. The minimum atomic E-state index is -0.698. The zero-order chi connectivity index (χ0) is 24.8. The molecule has 3 aromatic carbocycles. The molecule has 0 aliphatic carbocycles. The Morgan fingerprint density at radius 1 is 0.943 bits per heavy atom. The molecule has 35 heavy (non-hydrogen) atoms. The third-order valence-corrected chi connectivity index (χ3v) is 6.12. The van der Waals surface area contributed by atoms with E-state index < -0.39 is 23.1 Å². The summed E-state index contributed by atoms with van der Waals surface area (Å²) in [6.07, 6.45) is 0.195. The second-order valence-electron chi connectivity index (χ2n) is 8.06. The lowest BCUT2D eigenvalue weighted by molar-refractivity contribution is -0.145. The molecule has 0 aliphatic heterocycles. The van der Waals surface area contributed by atoms with Gasteiger partial charge in [-0.2, -0.15) is 0 Å². The molecule has 0 unspecified atom stereocenters. The van der Waals surface area contributed by atoms with Crippen molar-refractivity contribution in [3.05, 3.63) is 110 Å². The highest BCUT2D eigenvalue weighted by Crippen LogP contribution is 2.26. The van der Waals surface area contributed by atoms with Crippen molar-refractivity contribution in [3.8, 4) is 5.75 Å². The maximum atomic E-state index is 13.0. The minimum Gasteiger partial charge on any atom is -0.488 e. The van der Waals surface area contributed by atoms with Crippen LogP contribution in [0.3, 0.4) is 0 Å². The average molecular weight is 535 g/mol. The molecule has 0 spiro atoms. The molecule has 0 aliphatic rings. The quantitative estimate of drug-likeness (QED) is 0.201. The second kappa shape index (κ2) is 11.1. The smallest absolute Gasteiger partial charge is 0.309 e. The molecule has 0 saturated carbocycles. The first-order chi connectivity index (χ1) is 16.9. The first-order valence-electron chi connectivity index (χ1n) is 11.0. The summed E-state index contributed by atoms with van der Waals surface area (Å²) in [5.74, 6) is -1.37. The van der Waals surface area contributed by atoms with E-state index in [0.29, 0.717) is 12.2 Å². The Kier molecular flexibility index (Phi) is 7.77. The Morgan fingerprint density at radius 3 is 2.40 bits per heavy atom. The third-order valence-electron chi connectivity index (χ3n) is 5.59. The van der Waals surface area contributed by atoms with Crippen LogP contribution in [0.25, 0.3) is 11.0 Å². The first-order valence-corrected chi connectivity index (χ1v) is 11.8. The van der Waals surface area contributed by atoms with E-state index in [2.05, 4.69) is 15.9 Å². The summed E-state index contributed by atoms with van der Waals surface area (Å²) >= 11 is 3.40. The first kappa shape index (κ1) is 24.4. The van der Waals surface area contributed by atoms with E-state index in [1.165, 1.54) is 7.11 Å². The van der Waals surface area contributed by atoms with Gasteiger partial charge in [-0.15, -0.1) is 0 Å². The van der Waals surface area contributed by atoms with E-state index in [1.54, 1.807) is 18.2 Å². The van der Waals surface area contributed by atoms with Gasteiger partial charge in [0.2, 0.25) is 0 Å². The fraction of sp³-hybridized carbons (Fsp3) is 0.179. The molecule has 0 bridgehead atoms. The summed E-state index contributed by atoms with van der Waals surface area (Å²) in [6, 6.07) is 23.2. The van der Waals surface area contributed by atoms with Gasteiger partial charge < -0.3 is 13.9 Å². The van der Waals surface area contributed by atoms with Crippen molar-refractivity contribution in [1.82, 2.24) is 0 Å². The van der Waals surface area contributed by atoms with Crippen LogP contribution in [0.15, 0.2) is 92.5 Å². The summed E-state index contributed by atoms with van der Waals surface area (Å²) < 4.78 is 17.5. The van der Waals surface area contributed by atoms with Gasteiger partial charge in [0.15, 0.2) is 17.0 Å². The van der Waals surface area contributed by atoms with Crippen LogP contribution in [-0.4, -0.2) is 18.9 Å². The summed E-state index contributed by atoms with van der Waals surface area (Å²) in [5, 5.41) is 0.259. The minimum absolute atomic E-state index is 0.102. The topological polar surface area (TPSA) is 82.8 Å². The number of carbonyl (C=O) groups is 2. The second-order valence-corrected chi connectivity index (χ2v) is 8.97. The number of fused-ring (bicyclic) bond motifs is 1. The fourth-order valence-corrected chi connectivity index (χ4v) is 4.07. The SMILES string of the molecule is COC(=O)[C@@H](CC(=O)c1cc(=O)c2c(OCc3ccc(Br)cc3)cccc2o1)Cc1ccccc1. The van der Waals surface area contributed by atoms with Gasteiger partial charge in [-0.3, -0.25) is 14.4 Å². The summed E-state index contributed by atoms with van der Waals surface area (Å²) in [5.41, 5.74) is 1.70. The van der Waals surface area contributed by atoms with Gasteiger partial charge in [-0.25, -0.2) is 0 Å². The highest BCUT2D eigenvalue weighted by atomic mass is 79.9. The highest BCUT2D eigenvalue weighted by molar-refractivity contribution is 9.10. The lowest BCUT2D eigenvalue weighted by Gasteiger charge is -2.14. The molecule has 0 radical (unpaired) electrons. The predicted molar refractivity (Wildman–Crippen MR) is 136 cm³/mol. The number of methoxy groups -OCH3 is 1. The zero-order valence-electron chi connectivity index (χ0n) is 19.0. The van der Waals surface area contributed by atoms with Gasteiger partial charge in [-0.05, 0) is 41.8 Å². The van der Waals surface area contributed by atoms with Crippen molar-refractivity contribution in [2.45, 2.75) is 19.4 Å². The summed E-state index contributed by atoms with van der Waals surface area (Å²) in [6.45, 7) is 0.271. The van der Waals surface area contributed by atoms with E-state index >= 15 is 0 Å². The molecule has 7 heteroatoms. The predicted octanol–water partition coefficient (Wildman–Crippen LogP) is 5.74. The number of benzene rings is 3. The number of ether oxygens (including phenoxy) is 2. The van der Waals surface area contributed by atoms with Gasteiger partial charge in [0.25, 0.3) is 0 Å². The monoisotopic (exact) mass is 534 g/mol. The Bertz CT molecular complexity index is 1390. The van der Waals surface area contributed by atoms with Crippen LogP contribution in [-0.2, 0) is 22.6 Å². The van der Waals surface area contributed by atoms with Crippen LogP contribution in [0.1, 0.15) is 28.1 Å². The number of Topliss-reactive ketones (excluding diaryl/α,β-unsaturated/α-hetero) is 1. The Balaban J connectivity index is 1.56. The Morgan fingerprint density at radius 2 is 1.69 bits per heavy atom. The standard InChI is InChI=1S/C28H23BrO6/c1-33-28(32)20(14-18-6-3-2-4-7-18)15-22(30)26-16-23(31)27-24(8-5-9-25(27)35-26)34-17-19-10-12-21(29)13-11-19/h2-13,16,20H,14-15,17H2,1H3/t20-/m1/s1. The normalized spacial score (nSPS) is 11.7. The maximum Gasteiger partial charge on any atom is 0.309 e. The molecule has 4 aromatic rings. The number of carbonyl (C=O) groups excluding carboxylic acids is 2. The van der Waals surface area contributed by atoms with Crippen molar-refractivity contribution in [3.63, 3.8) is 0 Å². The molecule has 6 nitrogen and oxygen atoms in total. The number of esters is 1. The van der Waals surface area contributed by atoms with Crippen molar-refractivity contribution in [2.24, 2.45) is 5.92 Å². The van der Waals surface area contributed by atoms with Crippen molar-refractivity contribution >= 4 is 38.7 Å². The van der Waals surface area contributed by atoms with Crippen LogP contribution in [0.2, 0.25) is 0 Å². The van der Waals surface area contributed by atoms with E-state index in [4.69, 9.17) is 13.9 Å². The Labute approximate surface area is 210 Å². The van der Waals surface area contributed by atoms with Gasteiger partial charge in [0.1, 0.15) is 23.3 Å². The zero-order valence-corrected chi connectivity index (χ0v) is 20.6. The number of hydrogen-bond acceptors (Lipinski definition) is 6. The molecule has 1 heterocycles. The van der Waals surface area contributed by atoms with E-state index in [1.807, 2.05) is 54.6 Å². The summed E-state index contributed by atoms with van der Waals surface area (Å²) in [4.78, 5) is 38.3. The van der Waals surface area contributed by atoms with Crippen molar-refractivity contribution in [1.29, 1.82) is 0 Å². The fourth-order valence-electron chi connectivity index (χ4n) is 3.81. The van der Waals surface area contributed by atoms with Crippen LogP contribution in [0, 0.1) is 5.92 Å². The Hall–Kier alpha value is -3.71. The molecule has 0 fully saturated rings. The third kappa shape index (κ3) is 6.05. The number of ketones is 1. The molecule has 178 valence electrons. The summed E-state index contributed by atoms with van der Waals surface area (Å²) in [7, 11) is 1.29. The van der Waals surface area contributed by atoms with Gasteiger partial charge in [0, 0.05) is 17.0 Å². The largest absolute Gasteiger partial charge is 0.488 e. The van der Waals surface area contributed by atoms with Crippen LogP contribution in [0.5, 0.6) is 5.75 Å². The average Bonchev–Trinajstić information content (AvgIpc) is 2.87. The molecule has 0 saturated heterocycles. The van der Waals surface area contributed by atoms with Gasteiger partial charge >= 0.3 is 5.97 Å².